The van der Waals surface area contributed by atoms with Crippen LogP contribution in [0.4, 0.5) is 11.4 Å². The Bertz CT molecular complexity index is 1220. The van der Waals surface area contributed by atoms with Gasteiger partial charge >= 0.3 is 0 Å². The third kappa shape index (κ3) is 5.55. The van der Waals surface area contributed by atoms with Gasteiger partial charge in [0.1, 0.15) is 5.75 Å². The molecule has 0 bridgehead atoms. The normalized spacial score (nSPS) is 16.1. The number of anilines is 1. The Labute approximate surface area is 200 Å². The Balaban J connectivity index is 1.74. The highest BCUT2D eigenvalue weighted by Gasteiger charge is 2.35. The number of thioether (sulfide) groups is 1. The summed E-state index contributed by atoms with van der Waals surface area (Å²) in [5, 5.41) is 0.645. The van der Waals surface area contributed by atoms with Crippen LogP contribution in [-0.4, -0.2) is 17.7 Å². The fourth-order valence-electron chi connectivity index (χ4n) is 3.55. The summed E-state index contributed by atoms with van der Waals surface area (Å²) in [5.41, 5.74) is 4.75. The molecule has 0 aromatic heterocycles. The van der Waals surface area contributed by atoms with Crippen LogP contribution >= 0.6 is 11.8 Å². The molecule has 1 fully saturated rings. The third-order valence-electron chi connectivity index (χ3n) is 5.25. The number of hydrogen-bond acceptors (Lipinski definition) is 4. The number of rotatable bonds is 7. The van der Waals surface area contributed by atoms with E-state index in [0.717, 1.165) is 46.7 Å². The molecule has 33 heavy (non-hydrogen) atoms. The fraction of sp³-hybridized carbons (Fsp3) is 0.214. The minimum absolute atomic E-state index is 0.0830. The van der Waals surface area contributed by atoms with E-state index in [-0.39, 0.29) is 5.91 Å². The van der Waals surface area contributed by atoms with Gasteiger partial charge in [0.15, 0.2) is 5.17 Å². The molecule has 3 aromatic carbocycles. The summed E-state index contributed by atoms with van der Waals surface area (Å²) >= 11 is 1.39. The number of amidine groups is 1. The van der Waals surface area contributed by atoms with Gasteiger partial charge in [-0.2, -0.15) is 0 Å². The number of benzene rings is 3. The van der Waals surface area contributed by atoms with Crippen molar-refractivity contribution in [1.82, 2.24) is 0 Å². The zero-order valence-electron chi connectivity index (χ0n) is 19.2. The van der Waals surface area contributed by atoms with Gasteiger partial charge in [0.2, 0.25) is 0 Å². The molecule has 0 radical (unpaired) electrons. The minimum atomic E-state index is -0.0830. The summed E-state index contributed by atoms with van der Waals surface area (Å²) in [5.74, 6) is 0.707. The summed E-state index contributed by atoms with van der Waals surface area (Å²) in [6.45, 7) is 6.86. The standard InChI is InChI=1S/C28H28N2O2S/c1-4-5-16-32-25-15-7-6-12-22(25)19-26-27(31)30(24-14-9-11-21(3)18-24)28(33-26)29-23-13-8-10-20(2)17-23/h6-15,17-19H,4-5,16H2,1-3H3/b26-19+,29-28?. The lowest BCUT2D eigenvalue weighted by Gasteiger charge is -2.16. The van der Waals surface area contributed by atoms with E-state index in [1.165, 1.54) is 11.8 Å². The number of unbranched alkanes of at least 4 members (excludes halogenated alkanes) is 1. The van der Waals surface area contributed by atoms with Gasteiger partial charge in [-0.15, -0.1) is 0 Å². The van der Waals surface area contributed by atoms with Crippen molar-refractivity contribution < 1.29 is 9.53 Å². The number of para-hydroxylation sites is 1. The van der Waals surface area contributed by atoms with Crippen LogP contribution in [0.1, 0.15) is 36.5 Å². The lowest BCUT2D eigenvalue weighted by atomic mass is 10.1. The van der Waals surface area contributed by atoms with Crippen LogP contribution in [0.25, 0.3) is 6.08 Å². The summed E-state index contributed by atoms with van der Waals surface area (Å²) in [4.78, 5) is 20.7. The third-order valence-corrected chi connectivity index (χ3v) is 6.22. The Morgan fingerprint density at radius 1 is 0.970 bits per heavy atom. The van der Waals surface area contributed by atoms with Gasteiger partial charge in [0.25, 0.3) is 5.91 Å². The Kier molecular flexibility index (Phi) is 7.30. The van der Waals surface area contributed by atoms with Crippen molar-refractivity contribution in [3.05, 3.63) is 94.4 Å². The maximum absolute atomic E-state index is 13.6. The number of carbonyl (C=O) groups is 1. The molecular weight excluding hydrogens is 428 g/mol. The van der Waals surface area contributed by atoms with Crippen molar-refractivity contribution in [1.29, 1.82) is 0 Å². The van der Waals surface area contributed by atoms with Crippen molar-refractivity contribution in [2.45, 2.75) is 33.6 Å². The van der Waals surface area contributed by atoms with E-state index in [4.69, 9.17) is 9.73 Å². The van der Waals surface area contributed by atoms with E-state index < -0.39 is 0 Å². The number of carbonyl (C=O) groups excluding carboxylic acids is 1. The van der Waals surface area contributed by atoms with E-state index >= 15 is 0 Å². The first-order valence-electron chi connectivity index (χ1n) is 11.2. The second-order valence-corrected chi connectivity index (χ2v) is 9.07. The molecule has 4 nitrogen and oxygen atoms in total. The molecule has 1 heterocycles. The van der Waals surface area contributed by atoms with Crippen LogP contribution in [0.2, 0.25) is 0 Å². The number of ether oxygens (including phenoxy) is 1. The monoisotopic (exact) mass is 456 g/mol. The van der Waals surface area contributed by atoms with E-state index in [0.29, 0.717) is 16.7 Å². The van der Waals surface area contributed by atoms with Crippen molar-refractivity contribution in [3.8, 4) is 5.75 Å². The SMILES string of the molecule is CCCCOc1ccccc1/C=C1/SC(=Nc2cccc(C)c2)N(c2cccc(C)c2)C1=O. The molecule has 0 atom stereocenters. The average molecular weight is 457 g/mol. The zero-order valence-corrected chi connectivity index (χ0v) is 20.1. The van der Waals surface area contributed by atoms with Crippen molar-refractivity contribution in [2.24, 2.45) is 4.99 Å². The van der Waals surface area contributed by atoms with Crippen LogP contribution in [0.3, 0.4) is 0 Å². The van der Waals surface area contributed by atoms with Gasteiger partial charge in [0, 0.05) is 5.56 Å². The molecule has 0 spiro atoms. The first kappa shape index (κ1) is 22.9. The molecule has 5 heteroatoms. The van der Waals surface area contributed by atoms with E-state index in [9.17, 15) is 4.79 Å². The molecular formula is C28H28N2O2S. The smallest absolute Gasteiger partial charge is 0.271 e. The van der Waals surface area contributed by atoms with Gasteiger partial charge < -0.3 is 4.74 Å². The predicted molar refractivity (Wildman–Crippen MR) is 139 cm³/mol. The fourth-order valence-corrected chi connectivity index (χ4v) is 4.54. The number of nitrogens with zero attached hydrogens (tertiary/aromatic N) is 2. The largest absolute Gasteiger partial charge is 0.493 e. The molecule has 1 aliphatic rings. The van der Waals surface area contributed by atoms with Crippen LogP contribution in [0.15, 0.2) is 82.7 Å². The van der Waals surface area contributed by atoms with Gasteiger partial charge in [-0.25, -0.2) is 4.99 Å². The van der Waals surface area contributed by atoms with E-state index in [1.54, 1.807) is 4.90 Å². The second kappa shape index (κ2) is 10.5. The van der Waals surface area contributed by atoms with Crippen LogP contribution in [-0.2, 0) is 4.79 Å². The minimum Gasteiger partial charge on any atom is -0.493 e. The van der Waals surface area contributed by atoms with Crippen molar-refractivity contribution in [2.75, 3.05) is 11.5 Å². The highest BCUT2D eigenvalue weighted by Crippen LogP contribution is 2.38. The number of aliphatic imine (C=N–C) groups is 1. The average Bonchev–Trinajstić information content (AvgIpc) is 3.09. The lowest BCUT2D eigenvalue weighted by Crippen LogP contribution is -2.28. The van der Waals surface area contributed by atoms with Crippen molar-refractivity contribution in [3.63, 3.8) is 0 Å². The molecule has 1 amide bonds. The van der Waals surface area contributed by atoms with Gasteiger partial charge in [-0.3, -0.25) is 9.69 Å². The van der Waals surface area contributed by atoms with Crippen LogP contribution in [0, 0.1) is 13.8 Å². The molecule has 1 aliphatic heterocycles. The molecule has 4 rings (SSSR count). The molecule has 1 saturated heterocycles. The van der Waals surface area contributed by atoms with Gasteiger partial charge in [0.05, 0.1) is 22.9 Å². The van der Waals surface area contributed by atoms with E-state index in [2.05, 4.69) is 6.92 Å². The quantitative estimate of drug-likeness (QED) is 0.277. The Morgan fingerprint density at radius 2 is 1.73 bits per heavy atom. The highest BCUT2D eigenvalue weighted by molar-refractivity contribution is 8.19. The van der Waals surface area contributed by atoms with Gasteiger partial charge in [-0.05, 0) is 79.6 Å². The maximum Gasteiger partial charge on any atom is 0.271 e. The molecule has 0 unspecified atom stereocenters. The predicted octanol–water partition coefficient (Wildman–Crippen LogP) is 7.29. The number of amides is 1. The molecule has 0 saturated carbocycles. The van der Waals surface area contributed by atoms with Gasteiger partial charge in [-0.1, -0.05) is 55.8 Å². The molecule has 168 valence electrons. The summed E-state index contributed by atoms with van der Waals surface area (Å²) in [7, 11) is 0. The van der Waals surface area contributed by atoms with Crippen LogP contribution < -0.4 is 9.64 Å². The topological polar surface area (TPSA) is 41.9 Å². The Morgan fingerprint density at radius 3 is 2.48 bits per heavy atom. The first-order valence-corrected chi connectivity index (χ1v) is 12.0. The summed E-state index contributed by atoms with van der Waals surface area (Å²) in [6.07, 6.45) is 3.98. The lowest BCUT2D eigenvalue weighted by molar-refractivity contribution is -0.113. The highest BCUT2D eigenvalue weighted by atomic mass is 32.2. The second-order valence-electron chi connectivity index (χ2n) is 8.06. The Hall–Kier alpha value is -3.31. The first-order chi connectivity index (χ1) is 16.0. The maximum atomic E-state index is 13.6. The molecule has 3 aromatic rings. The summed E-state index contributed by atoms with van der Waals surface area (Å²) in [6, 6.07) is 23.8. The number of hydrogen-bond donors (Lipinski definition) is 0. The molecule has 0 N–H and O–H groups in total. The van der Waals surface area contributed by atoms with Crippen LogP contribution in [0.5, 0.6) is 5.75 Å². The van der Waals surface area contributed by atoms with E-state index in [1.807, 2.05) is 92.7 Å². The molecule has 0 aliphatic carbocycles. The zero-order chi connectivity index (χ0) is 23.2. The number of aryl methyl sites for hydroxylation is 2. The summed E-state index contributed by atoms with van der Waals surface area (Å²) < 4.78 is 5.98. The van der Waals surface area contributed by atoms with Crippen molar-refractivity contribution >= 4 is 40.3 Å².